The lowest BCUT2D eigenvalue weighted by Gasteiger charge is -2.03. The first-order chi connectivity index (χ1) is 13.3. The number of nitro groups is 1. The number of methoxy groups -OCH3 is 1. The number of aryl methyl sites for hydroxylation is 2. The lowest BCUT2D eigenvalue weighted by molar-refractivity contribution is -0.384. The van der Waals surface area contributed by atoms with Gasteiger partial charge < -0.3 is 9.30 Å². The maximum absolute atomic E-state index is 12.6. The Morgan fingerprint density at radius 3 is 2.71 bits per heavy atom. The number of esters is 1. The highest BCUT2D eigenvalue weighted by atomic mass is 32.1. The van der Waals surface area contributed by atoms with Crippen molar-refractivity contribution in [3.8, 4) is 0 Å². The molecule has 2 aromatic heterocycles. The second-order valence-electron chi connectivity index (χ2n) is 5.86. The predicted molar refractivity (Wildman–Crippen MR) is 101 cm³/mol. The molecule has 1 aromatic carbocycles. The fourth-order valence-corrected chi connectivity index (χ4v) is 3.75. The van der Waals surface area contributed by atoms with E-state index in [0.29, 0.717) is 16.8 Å². The maximum atomic E-state index is 12.6. The van der Waals surface area contributed by atoms with Crippen LogP contribution in [-0.2, 0) is 22.6 Å². The summed E-state index contributed by atoms with van der Waals surface area (Å²) >= 11 is 1.08. The van der Waals surface area contributed by atoms with E-state index in [0.717, 1.165) is 17.0 Å². The van der Waals surface area contributed by atoms with Gasteiger partial charge >= 0.3 is 5.97 Å². The minimum absolute atomic E-state index is 0.0887. The van der Waals surface area contributed by atoms with Crippen molar-refractivity contribution in [2.75, 3.05) is 7.11 Å². The van der Waals surface area contributed by atoms with E-state index in [1.54, 1.807) is 10.7 Å². The van der Waals surface area contributed by atoms with E-state index in [2.05, 4.69) is 10.1 Å². The number of thiazole rings is 1. The summed E-state index contributed by atoms with van der Waals surface area (Å²) in [7, 11) is 1.25. The second kappa shape index (κ2) is 7.72. The molecule has 10 nitrogen and oxygen atoms in total. The number of benzene rings is 1. The van der Waals surface area contributed by atoms with Crippen LogP contribution in [0.25, 0.3) is 10.2 Å². The van der Waals surface area contributed by atoms with Crippen LogP contribution in [0.4, 0.5) is 5.69 Å². The number of amides is 1. The topological polar surface area (TPSA) is 122 Å². The number of nitro benzene ring substituents is 1. The Kier molecular flexibility index (Phi) is 5.36. The number of aromatic nitrogens is 3. The van der Waals surface area contributed by atoms with E-state index in [9.17, 15) is 19.7 Å². The first kappa shape index (κ1) is 19.4. The van der Waals surface area contributed by atoms with Gasteiger partial charge in [0.2, 0.25) is 0 Å². The number of hydrogen-bond acceptors (Lipinski definition) is 7. The number of rotatable bonds is 5. The molecule has 0 saturated heterocycles. The van der Waals surface area contributed by atoms with Crippen LogP contribution in [0.5, 0.6) is 0 Å². The molecule has 0 N–H and O–H groups in total. The van der Waals surface area contributed by atoms with E-state index in [-0.39, 0.29) is 22.7 Å². The molecule has 0 aliphatic carbocycles. The van der Waals surface area contributed by atoms with E-state index >= 15 is 0 Å². The summed E-state index contributed by atoms with van der Waals surface area (Å²) in [5.74, 6) is -1.09. The maximum Gasteiger partial charge on any atom is 0.325 e. The molecular weight excluding hydrogens is 386 g/mol. The van der Waals surface area contributed by atoms with E-state index in [4.69, 9.17) is 4.74 Å². The summed E-state index contributed by atoms with van der Waals surface area (Å²) in [6.07, 6.45) is 0. The van der Waals surface area contributed by atoms with Gasteiger partial charge in [-0.05, 0) is 26.0 Å². The average molecular weight is 403 g/mol. The number of carbonyl (C=O) groups is 2. The van der Waals surface area contributed by atoms with Crippen LogP contribution in [0.2, 0.25) is 0 Å². The monoisotopic (exact) mass is 403 g/mol. The van der Waals surface area contributed by atoms with Crippen molar-refractivity contribution >= 4 is 39.1 Å². The molecule has 0 saturated carbocycles. The first-order valence-electron chi connectivity index (χ1n) is 8.32. The highest BCUT2D eigenvalue weighted by Gasteiger charge is 2.16. The zero-order valence-electron chi connectivity index (χ0n) is 15.4. The quantitative estimate of drug-likeness (QED) is 0.365. The number of ether oxygens (including phenoxy) is 1. The summed E-state index contributed by atoms with van der Waals surface area (Å²) in [4.78, 5) is 39.2. The lowest BCUT2D eigenvalue weighted by Crippen LogP contribution is -2.22. The van der Waals surface area contributed by atoms with Crippen LogP contribution in [0, 0.1) is 17.0 Å². The molecule has 1 amide bonds. The van der Waals surface area contributed by atoms with Crippen molar-refractivity contribution in [1.29, 1.82) is 0 Å². The molecule has 2 heterocycles. The Balaban J connectivity index is 2.14. The molecule has 0 atom stereocenters. The van der Waals surface area contributed by atoms with Gasteiger partial charge in [-0.3, -0.25) is 24.4 Å². The molecule has 28 heavy (non-hydrogen) atoms. The molecule has 0 aliphatic rings. The first-order valence-corrected chi connectivity index (χ1v) is 9.13. The number of non-ortho nitro benzene ring substituents is 1. The van der Waals surface area contributed by atoms with Gasteiger partial charge in [-0.15, -0.1) is 0 Å². The van der Waals surface area contributed by atoms with Crippen molar-refractivity contribution < 1.29 is 19.2 Å². The predicted octanol–water partition coefficient (Wildman–Crippen LogP) is 2.05. The molecule has 0 aliphatic heterocycles. The second-order valence-corrected chi connectivity index (χ2v) is 6.87. The number of nitrogens with zero attached hydrogens (tertiary/aromatic N) is 5. The van der Waals surface area contributed by atoms with Crippen LogP contribution in [0.3, 0.4) is 0 Å². The Morgan fingerprint density at radius 2 is 2.11 bits per heavy atom. The summed E-state index contributed by atoms with van der Waals surface area (Å²) in [6.45, 7) is 4.19. The summed E-state index contributed by atoms with van der Waals surface area (Å²) in [5.41, 5.74) is 1.47. The minimum Gasteiger partial charge on any atom is -0.468 e. The summed E-state index contributed by atoms with van der Waals surface area (Å²) in [5, 5.41) is 15.2. The molecule has 0 unspecified atom stereocenters. The highest BCUT2D eigenvalue weighted by molar-refractivity contribution is 7.16. The summed E-state index contributed by atoms with van der Waals surface area (Å²) in [6, 6.07) is 5.87. The van der Waals surface area contributed by atoms with Gasteiger partial charge in [-0.25, -0.2) is 0 Å². The van der Waals surface area contributed by atoms with Gasteiger partial charge in [0.1, 0.15) is 6.54 Å². The minimum atomic E-state index is -0.560. The van der Waals surface area contributed by atoms with Crippen LogP contribution >= 0.6 is 11.3 Å². The van der Waals surface area contributed by atoms with Crippen LogP contribution in [0.1, 0.15) is 23.1 Å². The molecule has 3 rings (SSSR count). The van der Waals surface area contributed by atoms with Gasteiger partial charge in [-0.1, -0.05) is 11.3 Å². The van der Waals surface area contributed by atoms with Crippen molar-refractivity contribution in [3.05, 3.63) is 50.6 Å². The molecule has 11 heteroatoms. The standard InChI is InChI=1S/C17H17N5O5S/c1-4-21-10(2)7-12(19-21)16(24)18-17-20(9-15(23)27-3)13-6-5-11(22(25)26)8-14(13)28-17/h5-8H,4,9H2,1-3H3. The SMILES string of the molecule is CCn1nc(C(=O)N=c2sc3cc([N+](=O)[O-])ccc3n2CC(=O)OC)cc1C. The molecule has 0 radical (unpaired) electrons. The highest BCUT2D eigenvalue weighted by Crippen LogP contribution is 2.23. The molecule has 3 aromatic rings. The van der Waals surface area contributed by atoms with Gasteiger partial charge in [0.05, 0.1) is 22.2 Å². The third-order valence-corrected chi connectivity index (χ3v) is 5.13. The van der Waals surface area contributed by atoms with E-state index in [1.807, 2.05) is 13.8 Å². The van der Waals surface area contributed by atoms with Crippen molar-refractivity contribution in [3.63, 3.8) is 0 Å². The average Bonchev–Trinajstić information content (AvgIpc) is 3.21. The summed E-state index contributed by atoms with van der Waals surface area (Å²) < 4.78 is 8.41. The third-order valence-electron chi connectivity index (χ3n) is 4.09. The number of hydrogen-bond donors (Lipinski definition) is 0. The zero-order valence-corrected chi connectivity index (χ0v) is 16.2. The molecule has 0 bridgehead atoms. The number of fused-ring (bicyclic) bond motifs is 1. The normalized spacial score (nSPS) is 11.8. The van der Waals surface area contributed by atoms with Gasteiger partial charge in [0, 0.05) is 24.4 Å². The van der Waals surface area contributed by atoms with Crippen molar-refractivity contribution in [2.24, 2.45) is 4.99 Å². The smallest absolute Gasteiger partial charge is 0.325 e. The van der Waals surface area contributed by atoms with Gasteiger partial charge in [0.15, 0.2) is 10.5 Å². The van der Waals surface area contributed by atoms with E-state index in [1.165, 1.54) is 29.9 Å². The molecule has 0 fully saturated rings. The zero-order chi connectivity index (χ0) is 20.4. The largest absolute Gasteiger partial charge is 0.468 e. The Morgan fingerprint density at radius 1 is 1.36 bits per heavy atom. The van der Waals surface area contributed by atoms with Crippen LogP contribution in [-0.4, -0.2) is 38.3 Å². The lowest BCUT2D eigenvalue weighted by atomic mass is 10.3. The molecule has 146 valence electrons. The van der Waals surface area contributed by atoms with Crippen molar-refractivity contribution in [1.82, 2.24) is 14.3 Å². The van der Waals surface area contributed by atoms with Gasteiger partial charge in [-0.2, -0.15) is 10.1 Å². The fourth-order valence-electron chi connectivity index (χ4n) is 2.69. The third kappa shape index (κ3) is 3.69. The van der Waals surface area contributed by atoms with Crippen LogP contribution in [0.15, 0.2) is 29.3 Å². The fraction of sp³-hybridized carbons (Fsp3) is 0.294. The Bertz CT molecular complexity index is 1160. The van der Waals surface area contributed by atoms with Crippen LogP contribution < -0.4 is 4.80 Å². The molecule has 0 spiro atoms. The molecular formula is C17H17N5O5S. The number of carbonyl (C=O) groups excluding carboxylic acids is 2. The Labute approximate surface area is 162 Å². The van der Waals surface area contributed by atoms with Crippen molar-refractivity contribution in [2.45, 2.75) is 26.9 Å². The van der Waals surface area contributed by atoms with Gasteiger partial charge in [0.25, 0.3) is 11.6 Å². The van der Waals surface area contributed by atoms with E-state index < -0.39 is 16.8 Å². The Hall–Kier alpha value is -3.34.